The SMILES string of the molecule is CCCCCCCCCCCCCCCC(CCCO)[N+](C)(C)CCCO. The van der Waals surface area contributed by atoms with Crippen LogP contribution in [0.3, 0.4) is 0 Å². The van der Waals surface area contributed by atoms with Crippen molar-refractivity contribution in [2.45, 2.75) is 122 Å². The van der Waals surface area contributed by atoms with Crippen LogP contribution in [0.5, 0.6) is 0 Å². The van der Waals surface area contributed by atoms with E-state index < -0.39 is 0 Å². The highest BCUT2D eigenvalue weighted by Crippen LogP contribution is 2.21. The third kappa shape index (κ3) is 16.5. The van der Waals surface area contributed by atoms with Crippen molar-refractivity contribution >= 4 is 0 Å². The van der Waals surface area contributed by atoms with Crippen LogP contribution >= 0.6 is 0 Å². The summed E-state index contributed by atoms with van der Waals surface area (Å²) in [7, 11) is 4.58. The van der Waals surface area contributed by atoms with E-state index in [1.54, 1.807) is 0 Å². The molecule has 3 heteroatoms. The summed E-state index contributed by atoms with van der Waals surface area (Å²) in [5, 5.41) is 18.3. The molecule has 0 bridgehead atoms. The summed E-state index contributed by atoms with van der Waals surface area (Å²) in [6.07, 6.45) is 22.4. The Morgan fingerprint density at radius 3 is 1.41 bits per heavy atom. The molecule has 0 radical (unpaired) electrons. The number of hydrogen-bond acceptors (Lipinski definition) is 2. The lowest BCUT2D eigenvalue weighted by atomic mass is 9.99. The zero-order valence-corrected chi connectivity index (χ0v) is 19.1. The molecule has 0 aliphatic rings. The van der Waals surface area contributed by atoms with Crippen LogP contribution in [0.4, 0.5) is 0 Å². The van der Waals surface area contributed by atoms with Gasteiger partial charge in [0, 0.05) is 26.1 Å². The second kappa shape index (κ2) is 19.2. The Kier molecular flexibility index (Phi) is 19.1. The first-order valence-electron chi connectivity index (χ1n) is 12.1. The lowest BCUT2D eigenvalue weighted by molar-refractivity contribution is -0.916. The van der Waals surface area contributed by atoms with E-state index in [9.17, 15) is 5.11 Å². The van der Waals surface area contributed by atoms with E-state index in [0.29, 0.717) is 12.6 Å². The quantitative estimate of drug-likeness (QED) is 0.186. The molecule has 0 amide bonds. The van der Waals surface area contributed by atoms with Crippen molar-refractivity contribution in [3.8, 4) is 0 Å². The van der Waals surface area contributed by atoms with Gasteiger partial charge in [-0.1, -0.05) is 84.0 Å². The van der Waals surface area contributed by atoms with E-state index in [-0.39, 0.29) is 6.61 Å². The van der Waals surface area contributed by atoms with Crippen molar-refractivity contribution in [2.24, 2.45) is 0 Å². The number of nitrogens with zero attached hydrogens (tertiary/aromatic N) is 1. The smallest absolute Gasteiger partial charge is 0.0887 e. The fourth-order valence-electron chi connectivity index (χ4n) is 4.23. The van der Waals surface area contributed by atoms with Gasteiger partial charge in [0.15, 0.2) is 0 Å². The zero-order chi connectivity index (χ0) is 20.2. The first kappa shape index (κ1) is 26.9. The van der Waals surface area contributed by atoms with E-state index in [1.165, 1.54) is 89.9 Å². The molecule has 0 aromatic rings. The number of aliphatic hydroxyl groups is 2. The van der Waals surface area contributed by atoms with Crippen LogP contribution in [-0.4, -0.2) is 54.6 Å². The molecular weight excluding hydrogens is 334 g/mol. The fourth-order valence-corrected chi connectivity index (χ4v) is 4.23. The first-order chi connectivity index (χ1) is 13.1. The summed E-state index contributed by atoms with van der Waals surface area (Å²) in [4.78, 5) is 0. The Labute approximate surface area is 171 Å². The second-order valence-corrected chi connectivity index (χ2v) is 9.13. The van der Waals surface area contributed by atoms with E-state index in [1.807, 2.05) is 0 Å². The van der Waals surface area contributed by atoms with Gasteiger partial charge in [-0.15, -0.1) is 0 Å². The van der Waals surface area contributed by atoms with Gasteiger partial charge in [-0.3, -0.25) is 0 Å². The van der Waals surface area contributed by atoms with Gasteiger partial charge in [-0.25, -0.2) is 0 Å². The third-order valence-corrected chi connectivity index (χ3v) is 6.22. The summed E-state index contributed by atoms with van der Waals surface area (Å²) in [6, 6.07) is 0.622. The predicted molar refractivity (Wildman–Crippen MR) is 119 cm³/mol. The molecule has 0 aromatic heterocycles. The van der Waals surface area contributed by atoms with Crippen molar-refractivity contribution in [1.29, 1.82) is 0 Å². The molecule has 3 nitrogen and oxygen atoms in total. The van der Waals surface area contributed by atoms with Gasteiger partial charge in [-0.2, -0.15) is 0 Å². The van der Waals surface area contributed by atoms with Crippen molar-refractivity contribution in [3.63, 3.8) is 0 Å². The normalized spacial score (nSPS) is 13.2. The highest BCUT2D eigenvalue weighted by molar-refractivity contribution is 4.61. The minimum Gasteiger partial charge on any atom is -0.396 e. The topological polar surface area (TPSA) is 40.5 Å². The molecule has 0 saturated heterocycles. The van der Waals surface area contributed by atoms with Gasteiger partial charge in [0.2, 0.25) is 0 Å². The molecular formula is C24H52NO2+. The van der Waals surface area contributed by atoms with Crippen LogP contribution in [0.1, 0.15) is 116 Å². The molecule has 0 spiro atoms. The molecule has 1 atom stereocenters. The molecule has 0 aromatic carbocycles. The summed E-state index contributed by atoms with van der Waals surface area (Å²) < 4.78 is 0.985. The highest BCUT2D eigenvalue weighted by atomic mass is 16.3. The Bertz CT molecular complexity index is 294. The Balaban J connectivity index is 3.67. The summed E-state index contributed by atoms with van der Waals surface area (Å²) in [5.74, 6) is 0. The lowest BCUT2D eigenvalue weighted by Crippen LogP contribution is -2.49. The second-order valence-electron chi connectivity index (χ2n) is 9.13. The molecule has 0 aliphatic heterocycles. The van der Waals surface area contributed by atoms with Crippen molar-refractivity contribution in [3.05, 3.63) is 0 Å². The summed E-state index contributed by atoms with van der Waals surface area (Å²) in [6.45, 7) is 3.90. The van der Waals surface area contributed by atoms with E-state index in [0.717, 1.165) is 30.3 Å². The van der Waals surface area contributed by atoms with E-state index >= 15 is 0 Å². The van der Waals surface area contributed by atoms with Crippen LogP contribution in [0.25, 0.3) is 0 Å². The molecule has 27 heavy (non-hydrogen) atoms. The standard InChI is InChI=1S/C24H52NO2/c1-4-5-6-7-8-9-10-11-12-13-14-15-16-19-24(20-17-22-26)25(2,3)21-18-23-27/h24,26-27H,4-23H2,1-3H3/q+1. The van der Waals surface area contributed by atoms with Gasteiger partial charge in [0.25, 0.3) is 0 Å². The fraction of sp³-hybridized carbons (Fsp3) is 1.00. The number of quaternary nitrogens is 1. The Hall–Kier alpha value is -0.120. The minimum atomic E-state index is 0.285. The average Bonchev–Trinajstić information content (AvgIpc) is 2.66. The number of rotatable bonds is 21. The summed E-state index contributed by atoms with van der Waals surface area (Å²) >= 11 is 0. The van der Waals surface area contributed by atoms with Gasteiger partial charge >= 0.3 is 0 Å². The molecule has 0 heterocycles. The van der Waals surface area contributed by atoms with E-state index in [2.05, 4.69) is 21.0 Å². The van der Waals surface area contributed by atoms with Crippen molar-refractivity contribution in [2.75, 3.05) is 33.9 Å². The van der Waals surface area contributed by atoms with Gasteiger partial charge in [0.1, 0.15) is 0 Å². The van der Waals surface area contributed by atoms with Gasteiger partial charge < -0.3 is 14.7 Å². The maximum Gasteiger partial charge on any atom is 0.0887 e. The predicted octanol–water partition coefficient (Wildman–Crippen LogP) is 6.07. The zero-order valence-electron chi connectivity index (χ0n) is 19.1. The minimum absolute atomic E-state index is 0.285. The Morgan fingerprint density at radius 2 is 0.963 bits per heavy atom. The maximum atomic E-state index is 9.19. The number of hydrogen-bond donors (Lipinski definition) is 2. The van der Waals surface area contributed by atoms with Crippen LogP contribution in [0.15, 0.2) is 0 Å². The maximum absolute atomic E-state index is 9.19. The molecule has 1 unspecified atom stereocenters. The van der Waals surface area contributed by atoms with Crippen molar-refractivity contribution < 1.29 is 14.7 Å². The molecule has 2 N–H and O–H groups in total. The van der Waals surface area contributed by atoms with Crippen LogP contribution in [-0.2, 0) is 0 Å². The largest absolute Gasteiger partial charge is 0.396 e. The van der Waals surface area contributed by atoms with Crippen LogP contribution in [0.2, 0.25) is 0 Å². The average molecular weight is 387 g/mol. The molecule has 0 fully saturated rings. The van der Waals surface area contributed by atoms with Crippen LogP contribution < -0.4 is 0 Å². The molecule has 164 valence electrons. The van der Waals surface area contributed by atoms with E-state index in [4.69, 9.17) is 5.11 Å². The first-order valence-corrected chi connectivity index (χ1v) is 12.1. The molecule has 0 aliphatic carbocycles. The highest BCUT2D eigenvalue weighted by Gasteiger charge is 2.26. The number of aliphatic hydroxyl groups excluding tert-OH is 2. The number of unbranched alkanes of at least 4 members (excludes halogenated alkanes) is 12. The van der Waals surface area contributed by atoms with Crippen molar-refractivity contribution in [1.82, 2.24) is 0 Å². The molecule has 0 rings (SSSR count). The summed E-state index contributed by atoms with van der Waals surface area (Å²) in [5.41, 5.74) is 0. The monoisotopic (exact) mass is 386 g/mol. The van der Waals surface area contributed by atoms with Gasteiger partial charge in [-0.05, 0) is 19.3 Å². The Morgan fingerprint density at radius 1 is 0.556 bits per heavy atom. The third-order valence-electron chi connectivity index (χ3n) is 6.22. The van der Waals surface area contributed by atoms with Crippen LogP contribution in [0, 0.1) is 0 Å². The molecule has 0 saturated carbocycles. The van der Waals surface area contributed by atoms with Gasteiger partial charge in [0.05, 0.1) is 26.7 Å². The lowest BCUT2D eigenvalue weighted by Gasteiger charge is -2.38.